The maximum absolute atomic E-state index is 6.10. The van der Waals surface area contributed by atoms with Gasteiger partial charge in [0.15, 0.2) is 17.3 Å². The fourth-order valence-corrected chi connectivity index (χ4v) is 2.70. The number of ether oxygens (including phenoxy) is 2. The Kier molecular flexibility index (Phi) is 4.22. The van der Waals surface area contributed by atoms with Crippen molar-refractivity contribution < 1.29 is 14.0 Å². The van der Waals surface area contributed by atoms with Crippen LogP contribution in [0.5, 0.6) is 11.5 Å². The van der Waals surface area contributed by atoms with Gasteiger partial charge in [-0.15, -0.1) is 0 Å². The molecule has 1 heterocycles. The second-order valence-electron chi connectivity index (χ2n) is 5.73. The predicted molar refractivity (Wildman–Crippen MR) is 85.1 cm³/mol. The number of nitrogens with one attached hydrogen (secondary N) is 1. The summed E-state index contributed by atoms with van der Waals surface area (Å²) in [5.74, 6) is 3.08. The Morgan fingerprint density at radius 1 is 1.18 bits per heavy atom. The lowest BCUT2D eigenvalue weighted by Gasteiger charge is -2.17. The van der Waals surface area contributed by atoms with E-state index in [4.69, 9.17) is 14.0 Å². The minimum absolute atomic E-state index is 0.292. The van der Waals surface area contributed by atoms with Crippen molar-refractivity contribution in [2.75, 3.05) is 12.4 Å². The molecule has 0 amide bonds. The quantitative estimate of drug-likeness (QED) is 0.889. The minimum atomic E-state index is 0.292. The molecule has 3 rings (SSSR count). The summed E-state index contributed by atoms with van der Waals surface area (Å²) in [5, 5.41) is 7.30. The third kappa shape index (κ3) is 3.03. The Labute approximate surface area is 130 Å². The van der Waals surface area contributed by atoms with Gasteiger partial charge in [-0.2, -0.15) is 0 Å². The second-order valence-corrected chi connectivity index (χ2v) is 5.73. The molecular weight excluding hydrogens is 280 g/mol. The molecule has 1 aromatic carbocycles. The fourth-order valence-electron chi connectivity index (χ4n) is 2.70. The van der Waals surface area contributed by atoms with Crippen molar-refractivity contribution >= 4 is 11.5 Å². The number of nitrogens with zero attached hydrogens (tertiary/aromatic N) is 1. The van der Waals surface area contributed by atoms with Crippen LogP contribution in [-0.4, -0.2) is 18.4 Å². The van der Waals surface area contributed by atoms with Crippen LogP contribution >= 0.6 is 0 Å². The summed E-state index contributed by atoms with van der Waals surface area (Å²) in [6, 6.07) is 5.82. The van der Waals surface area contributed by atoms with Gasteiger partial charge in [0.05, 0.1) is 13.2 Å². The highest BCUT2D eigenvalue weighted by molar-refractivity contribution is 5.63. The van der Waals surface area contributed by atoms with Crippen LogP contribution in [0.3, 0.4) is 0 Å². The number of aromatic nitrogens is 1. The van der Waals surface area contributed by atoms with Gasteiger partial charge in [-0.25, -0.2) is 0 Å². The monoisotopic (exact) mass is 302 g/mol. The zero-order chi connectivity index (χ0) is 15.5. The second kappa shape index (κ2) is 6.30. The Morgan fingerprint density at radius 3 is 2.59 bits per heavy atom. The number of methoxy groups -OCH3 is 1. The predicted octanol–water partition coefficient (Wildman–Crippen LogP) is 4.37. The molecule has 5 nitrogen and oxygen atoms in total. The van der Waals surface area contributed by atoms with Gasteiger partial charge in [0.25, 0.3) is 0 Å². The van der Waals surface area contributed by atoms with Gasteiger partial charge >= 0.3 is 0 Å². The van der Waals surface area contributed by atoms with E-state index in [0.29, 0.717) is 6.10 Å². The molecule has 1 fully saturated rings. The van der Waals surface area contributed by atoms with E-state index >= 15 is 0 Å². The van der Waals surface area contributed by atoms with Crippen molar-refractivity contribution in [1.82, 2.24) is 5.16 Å². The van der Waals surface area contributed by atoms with Gasteiger partial charge in [0.2, 0.25) is 0 Å². The van der Waals surface area contributed by atoms with E-state index in [1.165, 1.54) is 12.8 Å². The van der Waals surface area contributed by atoms with Gasteiger partial charge in [0.1, 0.15) is 5.76 Å². The van der Waals surface area contributed by atoms with Gasteiger partial charge in [-0.05, 0) is 51.7 Å². The molecule has 0 aliphatic heterocycles. The van der Waals surface area contributed by atoms with Crippen LogP contribution in [0.4, 0.5) is 11.5 Å². The molecule has 1 N–H and O–H groups in total. The molecule has 1 aliphatic rings. The van der Waals surface area contributed by atoms with Crippen LogP contribution in [0, 0.1) is 13.8 Å². The number of rotatable bonds is 5. The highest BCUT2D eigenvalue weighted by Gasteiger charge is 2.19. The molecule has 1 aromatic heterocycles. The lowest BCUT2D eigenvalue weighted by atomic mass is 10.2. The summed E-state index contributed by atoms with van der Waals surface area (Å²) >= 11 is 0. The molecule has 22 heavy (non-hydrogen) atoms. The SMILES string of the molecule is COc1ccc(Nc2noc(C)c2C)cc1OC1CCCC1. The van der Waals surface area contributed by atoms with Crippen molar-refractivity contribution in [3.63, 3.8) is 0 Å². The van der Waals surface area contributed by atoms with Gasteiger partial charge in [-0.3, -0.25) is 0 Å². The summed E-state index contributed by atoms with van der Waals surface area (Å²) in [5.41, 5.74) is 1.92. The lowest BCUT2D eigenvalue weighted by molar-refractivity contribution is 0.201. The maximum Gasteiger partial charge on any atom is 0.176 e. The highest BCUT2D eigenvalue weighted by Crippen LogP contribution is 2.35. The third-order valence-electron chi connectivity index (χ3n) is 4.18. The first-order valence-corrected chi connectivity index (χ1v) is 7.72. The number of benzene rings is 1. The third-order valence-corrected chi connectivity index (χ3v) is 4.18. The molecule has 0 radical (unpaired) electrons. The Hall–Kier alpha value is -2.17. The van der Waals surface area contributed by atoms with Crippen molar-refractivity contribution in [2.45, 2.75) is 45.6 Å². The average molecular weight is 302 g/mol. The Bertz CT molecular complexity index is 645. The molecule has 1 aliphatic carbocycles. The van der Waals surface area contributed by atoms with Crippen LogP contribution in [0.25, 0.3) is 0 Å². The summed E-state index contributed by atoms with van der Waals surface area (Å²) in [7, 11) is 1.66. The zero-order valence-corrected chi connectivity index (χ0v) is 13.3. The molecule has 0 atom stereocenters. The maximum atomic E-state index is 6.10. The minimum Gasteiger partial charge on any atom is -0.493 e. The lowest BCUT2D eigenvalue weighted by Crippen LogP contribution is -2.11. The van der Waals surface area contributed by atoms with Crippen molar-refractivity contribution in [1.29, 1.82) is 0 Å². The first kappa shape index (κ1) is 14.8. The molecule has 0 saturated heterocycles. The Balaban J connectivity index is 1.81. The molecule has 2 aromatic rings. The molecule has 0 spiro atoms. The highest BCUT2D eigenvalue weighted by atomic mass is 16.5. The van der Waals surface area contributed by atoms with Crippen LogP contribution < -0.4 is 14.8 Å². The molecule has 1 saturated carbocycles. The number of anilines is 2. The van der Waals surface area contributed by atoms with E-state index in [1.807, 2.05) is 32.0 Å². The standard InChI is InChI=1S/C17H22N2O3/c1-11-12(2)22-19-17(11)18-13-8-9-15(20-3)16(10-13)21-14-6-4-5-7-14/h8-10,14H,4-7H2,1-3H3,(H,18,19). The largest absolute Gasteiger partial charge is 0.493 e. The average Bonchev–Trinajstić information content (AvgIpc) is 3.13. The van der Waals surface area contributed by atoms with Crippen molar-refractivity contribution in [3.05, 3.63) is 29.5 Å². The van der Waals surface area contributed by atoms with E-state index in [0.717, 1.165) is 47.2 Å². The number of hydrogen-bond donors (Lipinski definition) is 1. The van der Waals surface area contributed by atoms with E-state index < -0.39 is 0 Å². The van der Waals surface area contributed by atoms with Crippen molar-refractivity contribution in [3.8, 4) is 11.5 Å². The smallest absolute Gasteiger partial charge is 0.176 e. The first-order chi connectivity index (χ1) is 10.7. The van der Waals surface area contributed by atoms with E-state index in [9.17, 15) is 0 Å². The van der Waals surface area contributed by atoms with Crippen LogP contribution in [-0.2, 0) is 0 Å². The van der Waals surface area contributed by atoms with Gasteiger partial charge in [-0.1, -0.05) is 5.16 Å². The van der Waals surface area contributed by atoms with Crippen molar-refractivity contribution in [2.24, 2.45) is 0 Å². The van der Waals surface area contributed by atoms with Crippen LogP contribution in [0.15, 0.2) is 22.7 Å². The topological polar surface area (TPSA) is 56.5 Å². The summed E-state index contributed by atoms with van der Waals surface area (Å²) in [4.78, 5) is 0. The van der Waals surface area contributed by atoms with Gasteiger partial charge in [0, 0.05) is 17.3 Å². The molecule has 118 valence electrons. The summed E-state index contributed by atoms with van der Waals surface area (Å²) in [6.07, 6.45) is 5.00. The normalized spacial score (nSPS) is 15.0. The molecular formula is C17H22N2O3. The van der Waals surface area contributed by atoms with E-state index in [2.05, 4.69) is 10.5 Å². The van der Waals surface area contributed by atoms with Gasteiger partial charge < -0.3 is 19.3 Å². The number of hydrogen-bond acceptors (Lipinski definition) is 5. The van der Waals surface area contributed by atoms with Crippen LogP contribution in [0.2, 0.25) is 0 Å². The molecule has 5 heteroatoms. The zero-order valence-electron chi connectivity index (χ0n) is 13.3. The van der Waals surface area contributed by atoms with E-state index in [1.54, 1.807) is 7.11 Å². The molecule has 0 bridgehead atoms. The summed E-state index contributed by atoms with van der Waals surface area (Å²) in [6.45, 7) is 3.88. The molecule has 0 unspecified atom stereocenters. The van der Waals surface area contributed by atoms with E-state index in [-0.39, 0.29) is 0 Å². The first-order valence-electron chi connectivity index (χ1n) is 7.72. The van der Waals surface area contributed by atoms with Crippen LogP contribution in [0.1, 0.15) is 37.0 Å². The summed E-state index contributed by atoms with van der Waals surface area (Å²) < 4.78 is 16.7. The fraction of sp³-hybridized carbons (Fsp3) is 0.471. The number of aryl methyl sites for hydroxylation is 1. The Morgan fingerprint density at radius 2 is 1.95 bits per heavy atom.